The summed E-state index contributed by atoms with van der Waals surface area (Å²) in [6.45, 7) is 6.42. The van der Waals surface area contributed by atoms with Crippen molar-refractivity contribution in [1.82, 2.24) is 5.32 Å². The minimum atomic E-state index is -0.502. The molecule has 1 aromatic carbocycles. The molecule has 0 spiro atoms. The van der Waals surface area contributed by atoms with Crippen molar-refractivity contribution in [2.45, 2.75) is 39.2 Å². The molecule has 0 heterocycles. The van der Waals surface area contributed by atoms with Crippen LogP contribution >= 0.6 is 0 Å². The normalized spacial score (nSPS) is 12.8. The maximum atomic E-state index is 11.6. The molecule has 0 aromatic heterocycles. The molecular weight excluding hydrogens is 268 g/mol. The van der Waals surface area contributed by atoms with Gasteiger partial charge in [0.25, 0.3) is 0 Å². The summed E-state index contributed by atoms with van der Waals surface area (Å²) in [5.41, 5.74) is 6.13. The zero-order chi connectivity index (χ0) is 15.9. The van der Waals surface area contributed by atoms with Gasteiger partial charge in [0.1, 0.15) is 11.4 Å². The van der Waals surface area contributed by atoms with Crippen LogP contribution in [0.2, 0.25) is 0 Å². The van der Waals surface area contributed by atoms with Crippen molar-refractivity contribution < 1.29 is 14.6 Å². The Morgan fingerprint density at radius 2 is 2.05 bits per heavy atom. The lowest BCUT2D eigenvalue weighted by Gasteiger charge is -2.21. The molecule has 21 heavy (non-hydrogen) atoms. The van der Waals surface area contributed by atoms with Crippen LogP contribution in [-0.4, -0.2) is 29.9 Å². The number of rotatable bonds is 6. The second kappa shape index (κ2) is 7.88. The molecule has 0 radical (unpaired) electrons. The van der Waals surface area contributed by atoms with Crippen LogP contribution < -0.4 is 11.1 Å². The molecule has 5 heteroatoms. The summed E-state index contributed by atoms with van der Waals surface area (Å²) in [6.07, 6.45) is 1.09. The van der Waals surface area contributed by atoms with Crippen molar-refractivity contribution in [2.24, 2.45) is 11.7 Å². The van der Waals surface area contributed by atoms with Gasteiger partial charge in [0.15, 0.2) is 0 Å². The van der Waals surface area contributed by atoms with Crippen molar-refractivity contribution >= 4 is 6.09 Å². The number of nitrogens with one attached hydrogen (secondary N) is 1. The number of phenols is 1. The molecule has 0 bridgehead atoms. The number of nitrogens with two attached hydrogens (primary N) is 1. The third-order valence-corrected chi connectivity index (χ3v) is 3.08. The third-order valence-electron chi connectivity index (χ3n) is 3.08. The van der Waals surface area contributed by atoms with Gasteiger partial charge in [-0.15, -0.1) is 0 Å². The second-order valence-electron chi connectivity index (χ2n) is 6.15. The fourth-order valence-electron chi connectivity index (χ4n) is 1.93. The molecule has 4 N–H and O–H groups in total. The Balaban J connectivity index is 2.39. The SMILES string of the molecule is CC(C)(C)OC(=O)NCC(CN)CCc1ccccc1O. The quantitative estimate of drug-likeness (QED) is 0.752. The van der Waals surface area contributed by atoms with Crippen LogP contribution in [0, 0.1) is 5.92 Å². The monoisotopic (exact) mass is 294 g/mol. The number of carbonyl (C=O) groups is 1. The maximum Gasteiger partial charge on any atom is 0.407 e. The number of benzene rings is 1. The third kappa shape index (κ3) is 6.99. The zero-order valence-corrected chi connectivity index (χ0v) is 13.1. The summed E-state index contributed by atoms with van der Waals surface area (Å²) in [7, 11) is 0. The minimum absolute atomic E-state index is 0.150. The Morgan fingerprint density at radius 3 is 2.62 bits per heavy atom. The summed E-state index contributed by atoms with van der Waals surface area (Å²) < 4.78 is 5.18. The van der Waals surface area contributed by atoms with Crippen LogP contribution in [0.25, 0.3) is 0 Å². The summed E-state index contributed by atoms with van der Waals surface area (Å²) in [6, 6.07) is 7.25. The van der Waals surface area contributed by atoms with Gasteiger partial charge in [0, 0.05) is 6.54 Å². The van der Waals surface area contributed by atoms with Crippen LogP contribution in [0.5, 0.6) is 5.75 Å². The number of hydrogen-bond acceptors (Lipinski definition) is 4. The highest BCUT2D eigenvalue weighted by atomic mass is 16.6. The first kappa shape index (κ1) is 17.3. The lowest BCUT2D eigenvalue weighted by atomic mass is 9.99. The molecule has 0 saturated heterocycles. The van der Waals surface area contributed by atoms with E-state index in [1.54, 1.807) is 12.1 Å². The van der Waals surface area contributed by atoms with Crippen molar-refractivity contribution in [3.63, 3.8) is 0 Å². The van der Waals surface area contributed by atoms with Crippen LogP contribution in [0.4, 0.5) is 4.79 Å². The Morgan fingerprint density at radius 1 is 1.38 bits per heavy atom. The Bertz CT molecular complexity index is 455. The molecule has 5 nitrogen and oxygen atoms in total. The molecule has 1 aromatic rings. The minimum Gasteiger partial charge on any atom is -0.508 e. The highest BCUT2D eigenvalue weighted by Crippen LogP contribution is 2.19. The highest BCUT2D eigenvalue weighted by Gasteiger charge is 2.17. The lowest BCUT2D eigenvalue weighted by molar-refractivity contribution is 0.0519. The fourth-order valence-corrected chi connectivity index (χ4v) is 1.93. The van der Waals surface area contributed by atoms with Crippen molar-refractivity contribution in [3.8, 4) is 5.75 Å². The van der Waals surface area contributed by atoms with Gasteiger partial charge in [-0.05, 0) is 57.7 Å². The second-order valence-corrected chi connectivity index (χ2v) is 6.15. The fraction of sp³-hybridized carbons (Fsp3) is 0.562. The van der Waals surface area contributed by atoms with Gasteiger partial charge in [0.2, 0.25) is 0 Å². The number of aromatic hydroxyl groups is 1. The molecule has 1 atom stereocenters. The van der Waals surface area contributed by atoms with Gasteiger partial charge in [-0.25, -0.2) is 4.79 Å². The van der Waals surface area contributed by atoms with E-state index in [1.807, 2.05) is 32.9 Å². The Kier molecular flexibility index (Phi) is 6.49. The van der Waals surface area contributed by atoms with Gasteiger partial charge in [0.05, 0.1) is 0 Å². The van der Waals surface area contributed by atoms with Crippen molar-refractivity contribution in [3.05, 3.63) is 29.8 Å². The predicted octanol–water partition coefficient (Wildman–Crippen LogP) is 2.42. The van der Waals surface area contributed by atoms with E-state index in [0.29, 0.717) is 18.8 Å². The van der Waals surface area contributed by atoms with E-state index in [1.165, 1.54) is 0 Å². The maximum absolute atomic E-state index is 11.6. The number of alkyl carbamates (subject to hydrolysis) is 1. The largest absolute Gasteiger partial charge is 0.508 e. The predicted molar refractivity (Wildman–Crippen MR) is 83.2 cm³/mol. The van der Waals surface area contributed by atoms with Gasteiger partial charge in [-0.3, -0.25) is 0 Å². The number of ether oxygens (including phenoxy) is 1. The molecule has 118 valence electrons. The number of hydrogen-bond donors (Lipinski definition) is 3. The van der Waals surface area contributed by atoms with Crippen molar-refractivity contribution in [1.29, 1.82) is 0 Å². The van der Waals surface area contributed by atoms with Crippen LogP contribution in [0.15, 0.2) is 24.3 Å². The average molecular weight is 294 g/mol. The molecule has 0 aliphatic heterocycles. The van der Waals surface area contributed by atoms with E-state index in [2.05, 4.69) is 5.32 Å². The smallest absolute Gasteiger partial charge is 0.407 e. The molecule has 1 amide bonds. The standard InChI is InChI=1S/C16H26N2O3/c1-16(2,3)21-15(20)18-11-12(10-17)8-9-13-6-4-5-7-14(13)19/h4-7,12,19H,8-11,17H2,1-3H3,(H,18,20). The molecule has 0 aliphatic rings. The lowest BCUT2D eigenvalue weighted by Crippen LogP contribution is -2.37. The molecule has 0 saturated carbocycles. The average Bonchev–Trinajstić information content (AvgIpc) is 2.38. The summed E-state index contributed by atoms with van der Waals surface area (Å²) in [4.78, 5) is 11.6. The summed E-state index contributed by atoms with van der Waals surface area (Å²) >= 11 is 0. The molecule has 0 fully saturated rings. The summed E-state index contributed by atoms with van der Waals surface area (Å²) in [5, 5.41) is 12.5. The van der Waals surface area contributed by atoms with E-state index in [9.17, 15) is 9.90 Å². The van der Waals surface area contributed by atoms with Gasteiger partial charge < -0.3 is 20.9 Å². The molecular formula is C16H26N2O3. The first-order valence-electron chi connectivity index (χ1n) is 7.25. The number of para-hydroxylation sites is 1. The molecule has 1 rings (SSSR count). The topological polar surface area (TPSA) is 84.6 Å². The van der Waals surface area contributed by atoms with Crippen molar-refractivity contribution in [2.75, 3.05) is 13.1 Å². The van der Waals surface area contributed by atoms with Crippen LogP contribution in [0.3, 0.4) is 0 Å². The number of phenolic OH excluding ortho intramolecular Hbond substituents is 1. The van der Waals surface area contributed by atoms with E-state index < -0.39 is 11.7 Å². The number of amides is 1. The molecule has 0 aliphatic carbocycles. The first-order chi connectivity index (χ1) is 9.81. The van der Waals surface area contributed by atoms with Crippen LogP contribution in [0.1, 0.15) is 32.8 Å². The molecule has 1 unspecified atom stereocenters. The van der Waals surface area contributed by atoms with Crippen LogP contribution in [-0.2, 0) is 11.2 Å². The van der Waals surface area contributed by atoms with Gasteiger partial charge in [-0.2, -0.15) is 0 Å². The Hall–Kier alpha value is -1.75. The number of aryl methyl sites for hydroxylation is 1. The van der Waals surface area contributed by atoms with E-state index in [4.69, 9.17) is 10.5 Å². The summed E-state index contributed by atoms with van der Waals surface area (Å²) in [5.74, 6) is 0.450. The highest BCUT2D eigenvalue weighted by molar-refractivity contribution is 5.67. The first-order valence-corrected chi connectivity index (χ1v) is 7.25. The Labute approximate surface area is 126 Å². The van der Waals surface area contributed by atoms with E-state index in [-0.39, 0.29) is 5.92 Å². The van der Waals surface area contributed by atoms with E-state index in [0.717, 1.165) is 18.4 Å². The van der Waals surface area contributed by atoms with E-state index >= 15 is 0 Å². The number of carbonyl (C=O) groups excluding carboxylic acids is 1. The van der Waals surface area contributed by atoms with Gasteiger partial charge in [-0.1, -0.05) is 18.2 Å². The zero-order valence-electron chi connectivity index (χ0n) is 13.1. The van der Waals surface area contributed by atoms with Gasteiger partial charge >= 0.3 is 6.09 Å².